The van der Waals surface area contributed by atoms with E-state index < -0.39 is 9.84 Å². The Labute approximate surface area is 132 Å². The van der Waals surface area contributed by atoms with Gasteiger partial charge in [-0.2, -0.15) is 0 Å². The van der Waals surface area contributed by atoms with Gasteiger partial charge in [0, 0.05) is 10.0 Å². The Kier molecular flexibility index (Phi) is 4.49. The fourth-order valence-corrected chi connectivity index (χ4v) is 3.83. The van der Waals surface area contributed by atoms with Gasteiger partial charge in [0.05, 0.1) is 21.4 Å². The van der Waals surface area contributed by atoms with Crippen molar-refractivity contribution in [3.05, 3.63) is 57.0 Å². The Morgan fingerprint density at radius 2 is 1.65 bits per heavy atom. The first-order valence-corrected chi connectivity index (χ1v) is 8.30. The highest BCUT2D eigenvalue weighted by Crippen LogP contribution is 2.28. The fourth-order valence-electron chi connectivity index (χ4n) is 1.63. The number of nitrogen functional groups attached to an aromatic ring is 1. The monoisotopic (exact) mass is 349 g/mol. The van der Waals surface area contributed by atoms with Gasteiger partial charge in [-0.1, -0.05) is 40.9 Å². The van der Waals surface area contributed by atoms with Gasteiger partial charge >= 0.3 is 0 Å². The molecule has 7 heteroatoms. The van der Waals surface area contributed by atoms with Crippen molar-refractivity contribution in [2.24, 2.45) is 0 Å². The van der Waals surface area contributed by atoms with Gasteiger partial charge in [-0.3, -0.25) is 0 Å². The van der Waals surface area contributed by atoms with E-state index in [0.29, 0.717) is 21.3 Å². The molecule has 0 aromatic heterocycles. The van der Waals surface area contributed by atoms with Crippen molar-refractivity contribution in [1.29, 1.82) is 0 Å². The van der Waals surface area contributed by atoms with E-state index >= 15 is 0 Å². The molecule has 2 aromatic carbocycles. The molecule has 0 fully saturated rings. The summed E-state index contributed by atoms with van der Waals surface area (Å²) in [7, 11) is -3.56. The zero-order valence-corrected chi connectivity index (χ0v) is 13.2. The number of hydrogen-bond acceptors (Lipinski definition) is 3. The first-order valence-electron chi connectivity index (χ1n) is 5.51. The lowest BCUT2D eigenvalue weighted by Crippen LogP contribution is -2.06. The summed E-state index contributed by atoms with van der Waals surface area (Å²) in [5.74, 6) is -0.233. The van der Waals surface area contributed by atoms with Gasteiger partial charge in [0.15, 0.2) is 9.84 Å². The normalized spacial score (nSPS) is 11.6. The number of rotatable bonds is 3. The Bertz CT molecular complexity index is 760. The molecule has 2 N–H and O–H groups in total. The molecular weight excluding hydrogens is 341 g/mol. The van der Waals surface area contributed by atoms with Crippen LogP contribution in [0.1, 0.15) is 5.56 Å². The highest BCUT2D eigenvalue weighted by molar-refractivity contribution is 7.90. The lowest BCUT2D eigenvalue weighted by molar-refractivity contribution is 0.595. The third-order valence-electron chi connectivity index (χ3n) is 2.69. The molecule has 106 valence electrons. The van der Waals surface area contributed by atoms with Gasteiger partial charge in [-0.15, -0.1) is 0 Å². The second kappa shape index (κ2) is 5.82. The third-order valence-corrected chi connectivity index (χ3v) is 5.27. The summed E-state index contributed by atoms with van der Waals surface area (Å²) in [6.45, 7) is 0. The first kappa shape index (κ1) is 15.4. The molecule has 0 unspecified atom stereocenters. The minimum absolute atomic E-state index is 0.0997. The number of hydrogen-bond donors (Lipinski definition) is 1. The van der Waals surface area contributed by atoms with E-state index in [9.17, 15) is 8.42 Å². The van der Waals surface area contributed by atoms with Crippen molar-refractivity contribution in [3.8, 4) is 0 Å². The standard InChI is InChI=1S/C13H10Cl3NO2S/c14-9-2-1-8(11(15)5-9)7-20(18,19)10-3-4-13(17)12(16)6-10/h1-6H,7,17H2. The highest BCUT2D eigenvalue weighted by Gasteiger charge is 2.18. The van der Waals surface area contributed by atoms with Crippen molar-refractivity contribution in [1.82, 2.24) is 0 Å². The van der Waals surface area contributed by atoms with Crippen LogP contribution in [0, 0.1) is 0 Å². The van der Waals surface area contributed by atoms with E-state index in [0.717, 1.165) is 0 Å². The number of sulfone groups is 1. The summed E-state index contributed by atoms with van der Waals surface area (Å²) in [5.41, 5.74) is 6.37. The molecule has 2 rings (SSSR count). The van der Waals surface area contributed by atoms with E-state index in [1.807, 2.05) is 0 Å². The summed E-state index contributed by atoms with van der Waals surface area (Å²) in [4.78, 5) is 0.0997. The maximum Gasteiger partial charge on any atom is 0.182 e. The van der Waals surface area contributed by atoms with E-state index in [1.165, 1.54) is 24.3 Å². The van der Waals surface area contributed by atoms with Crippen molar-refractivity contribution in [3.63, 3.8) is 0 Å². The lowest BCUT2D eigenvalue weighted by Gasteiger charge is -2.08. The zero-order valence-electron chi connectivity index (χ0n) is 10.1. The second-order valence-corrected chi connectivity index (χ2v) is 7.42. The van der Waals surface area contributed by atoms with E-state index in [4.69, 9.17) is 40.5 Å². The van der Waals surface area contributed by atoms with Crippen LogP contribution in [-0.4, -0.2) is 8.42 Å². The molecule has 0 saturated heterocycles. The molecule has 2 aromatic rings. The molecule has 0 saturated carbocycles. The zero-order chi connectivity index (χ0) is 14.9. The summed E-state index contributed by atoms with van der Waals surface area (Å²) in [6.07, 6.45) is 0. The van der Waals surface area contributed by atoms with Crippen LogP contribution in [0.5, 0.6) is 0 Å². The molecule has 3 nitrogen and oxygen atoms in total. The van der Waals surface area contributed by atoms with Crippen molar-refractivity contribution < 1.29 is 8.42 Å². The quantitative estimate of drug-likeness (QED) is 0.844. The molecule has 20 heavy (non-hydrogen) atoms. The number of anilines is 1. The van der Waals surface area contributed by atoms with E-state index in [-0.39, 0.29) is 15.7 Å². The fraction of sp³-hybridized carbons (Fsp3) is 0.0769. The minimum atomic E-state index is -3.56. The van der Waals surface area contributed by atoms with Crippen LogP contribution >= 0.6 is 34.8 Å². The minimum Gasteiger partial charge on any atom is -0.398 e. The van der Waals surface area contributed by atoms with Crippen LogP contribution in [0.2, 0.25) is 15.1 Å². The molecule has 0 heterocycles. The summed E-state index contributed by atoms with van der Waals surface area (Å²) < 4.78 is 24.6. The van der Waals surface area contributed by atoms with Crippen molar-refractivity contribution >= 4 is 50.3 Å². The molecule has 0 aliphatic rings. The molecule has 0 atom stereocenters. The Balaban J connectivity index is 2.38. The largest absolute Gasteiger partial charge is 0.398 e. The Morgan fingerprint density at radius 3 is 2.25 bits per heavy atom. The molecular formula is C13H10Cl3NO2S. The molecule has 0 spiro atoms. The van der Waals surface area contributed by atoms with Crippen molar-refractivity contribution in [2.75, 3.05) is 5.73 Å². The molecule has 0 bridgehead atoms. The molecule has 0 amide bonds. The predicted octanol–water partition coefficient (Wildman–Crippen LogP) is 4.20. The Hall–Kier alpha value is -0.940. The average molecular weight is 351 g/mol. The maximum absolute atomic E-state index is 12.3. The molecule has 0 aliphatic carbocycles. The van der Waals surface area contributed by atoms with Crippen LogP contribution in [0.3, 0.4) is 0 Å². The highest BCUT2D eigenvalue weighted by atomic mass is 35.5. The number of nitrogens with two attached hydrogens (primary N) is 1. The average Bonchev–Trinajstić information content (AvgIpc) is 2.36. The smallest absolute Gasteiger partial charge is 0.182 e. The number of benzene rings is 2. The van der Waals surface area contributed by atoms with Crippen LogP contribution in [0.4, 0.5) is 5.69 Å². The van der Waals surface area contributed by atoms with Gasteiger partial charge in [0.25, 0.3) is 0 Å². The van der Waals surface area contributed by atoms with Crippen LogP contribution in [0.15, 0.2) is 41.3 Å². The first-order chi connectivity index (χ1) is 9.29. The van der Waals surface area contributed by atoms with Crippen LogP contribution < -0.4 is 5.73 Å². The van der Waals surface area contributed by atoms with Crippen LogP contribution in [0.25, 0.3) is 0 Å². The van der Waals surface area contributed by atoms with Crippen molar-refractivity contribution in [2.45, 2.75) is 10.6 Å². The van der Waals surface area contributed by atoms with Gasteiger partial charge < -0.3 is 5.73 Å². The van der Waals surface area contributed by atoms with Gasteiger partial charge in [0.1, 0.15) is 0 Å². The SMILES string of the molecule is Nc1ccc(S(=O)(=O)Cc2ccc(Cl)cc2Cl)cc1Cl. The molecule has 0 radical (unpaired) electrons. The lowest BCUT2D eigenvalue weighted by atomic mass is 10.2. The maximum atomic E-state index is 12.3. The second-order valence-electron chi connectivity index (χ2n) is 4.18. The Morgan fingerprint density at radius 1 is 0.950 bits per heavy atom. The predicted molar refractivity (Wildman–Crippen MR) is 83.2 cm³/mol. The third kappa shape index (κ3) is 3.38. The van der Waals surface area contributed by atoms with Gasteiger partial charge in [-0.05, 0) is 35.9 Å². The van der Waals surface area contributed by atoms with E-state index in [1.54, 1.807) is 12.1 Å². The summed E-state index contributed by atoms with van der Waals surface area (Å²) in [6, 6.07) is 8.88. The van der Waals surface area contributed by atoms with Gasteiger partial charge in [0.2, 0.25) is 0 Å². The molecule has 0 aliphatic heterocycles. The summed E-state index contributed by atoms with van der Waals surface area (Å²) in [5, 5.41) is 0.961. The summed E-state index contributed by atoms with van der Waals surface area (Å²) >= 11 is 17.6. The van der Waals surface area contributed by atoms with Crippen LogP contribution in [-0.2, 0) is 15.6 Å². The van der Waals surface area contributed by atoms with E-state index in [2.05, 4.69) is 0 Å². The van der Waals surface area contributed by atoms with Gasteiger partial charge in [-0.25, -0.2) is 8.42 Å². The number of halogens is 3. The topological polar surface area (TPSA) is 60.2 Å².